The standard InChI is InChI=1S/C25H45N/c1-4-6-8-10-12-14-18-22-26(25-21-17-16-20-24(25)3)23-19-15-13-11-9-7-5-2/h16-17,20-21H,4-15,18-19,22-23H2,1-3H3. The quantitative estimate of drug-likeness (QED) is 0.253. The maximum atomic E-state index is 2.66. The van der Waals surface area contributed by atoms with Gasteiger partial charge in [-0.3, -0.25) is 0 Å². The van der Waals surface area contributed by atoms with Gasteiger partial charge in [0.15, 0.2) is 0 Å². The van der Waals surface area contributed by atoms with E-state index in [9.17, 15) is 0 Å². The minimum Gasteiger partial charge on any atom is -0.371 e. The molecule has 0 heterocycles. The molecular weight excluding hydrogens is 314 g/mol. The zero-order valence-electron chi connectivity index (χ0n) is 18.1. The Bertz CT molecular complexity index is 408. The molecule has 0 unspecified atom stereocenters. The molecule has 0 spiro atoms. The van der Waals surface area contributed by atoms with Crippen LogP contribution in [0.5, 0.6) is 0 Å². The van der Waals surface area contributed by atoms with Gasteiger partial charge < -0.3 is 4.90 Å². The summed E-state index contributed by atoms with van der Waals surface area (Å²) in [5.74, 6) is 0. The normalized spacial score (nSPS) is 11.0. The zero-order chi connectivity index (χ0) is 18.9. The fraction of sp³-hybridized carbons (Fsp3) is 0.760. The number of anilines is 1. The molecule has 1 aromatic carbocycles. The molecule has 0 atom stereocenters. The molecule has 0 aromatic heterocycles. The molecule has 0 radical (unpaired) electrons. The van der Waals surface area contributed by atoms with E-state index in [0.29, 0.717) is 0 Å². The number of benzene rings is 1. The van der Waals surface area contributed by atoms with E-state index in [0.717, 1.165) is 0 Å². The van der Waals surface area contributed by atoms with Crippen LogP contribution in [0, 0.1) is 6.92 Å². The molecule has 0 amide bonds. The lowest BCUT2D eigenvalue weighted by Crippen LogP contribution is -2.26. The van der Waals surface area contributed by atoms with Gasteiger partial charge in [-0.05, 0) is 31.4 Å². The highest BCUT2D eigenvalue weighted by Crippen LogP contribution is 2.21. The minimum absolute atomic E-state index is 1.23. The van der Waals surface area contributed by atoms with Crippen LogP contribution in [-0.2, 0) is 0 Å². The summed E-state index contributed by atoms with van der Waals surface area (Å²) >= 11 is 0. The topological polar surface area (TPSA) is 3.24 Å². The Morgan fingerprint density at radius 1 is 0.577 bits per heavy atom. The molecule has 0 bridgehead atoms. The van der Waals surface area contributed by atoms with Crippen molar-refractivity contribution in [3.05, 3.63) is 29.8 Å². The first-order valence-electron chi connectivity index (χ1n) is 11.6. The number of hydrogen-bond donors (Lipinski definition) is 0. The monoisotopic (exact) mass is 359 g/mol. The lowest BCUT2D eigenvalue weighted by atomic mass is 10.1. The molecule has 0 saturated carbocycles. The predicted molar refractivity (Wildman–Crippen MR) is 119 cm³/mol. The van der Waals surface area contributed by atoms with Gasteiger partial charge in [0.2, 0.25) is 0 Å². The molecular formula is C25H45N. The van der Waals surface area contributed by atoms with Crippen LogP contribution in [0.3, 0.4) is 0 Å². The van der Waals surface area contributed by atoms with Crippen molar-refractivity contribution >= 4 is 5.69 Å². The third-order valence-corrected chi connectivity index (χ3v) is 5.52. The maximum Gasteiger partial charge on any atom is 0.0395 e. The highest BCUT2D eigenvalue weighted by Gasteiger charge is 2.08. The molecule has 0 aliphatic carbocycles. The predicted octanol–water partition coefficient (Wildman–Crippen LogP) is 8.30. The number of hydrogen-bond acceptors (Lipinski definition) is 1. The highest BCUT2D eigenvalue weighted by atomic mass is 15.1. The van der Waals surface area contributed by atoms with Crippen LogP contribution < -0.4 is 4.90 Å². The zero-order valence-corrected chi connectivity index (χ0v) is 18.1. The second-order valence-electron chi connectivity index (χ2n) is 8.02. The average molecular weight is 360 g/mol. The second-order valence-corrected chi connectivity index (χ2v) is 8.02. The number of para-hydroxylation sites is 1. The van der Waals surface area contributed by atoms with E-state index in [1.165, 1.54) is 114 Å². The summed E-state index contributed by atoms with van der Waals surface area (Å²) in [7, 11) is 0. The fourth-order valence-corrected chi connectivity index (χ4v) is 3.79. The molecule has 1 rings (SSSR count). The Morgan fingerprint density at radius 3 is 1.46 bits per heavy atom. The van der Waals surface area contributed by atoms with Crippen molar-refractivity contribution < 1.29 is 0 Å². The minimum atomic E-state index is 1.23. The maximum absolute atomic E-state index is 2.66. The molecule has 0 fully saturated rings. The van der Waals surface area contributed by atoms with E-state index in [2.05, 4.69) is 49.9 Å². The first-order valence-corrected chi connectivity index (χ1v) is 11.6. The van der Waals surface area contributed by atoms with Crippen LogP contribution in [0.2, 0.25) is 0 Å². The molecule has 1 aromatic rings. The first-order chi connectivity index (χ1) is 12.8. The largest absolute Gasteiger partial charge is 0.371 e. The van der Waals surface area contributed by atoms with Gasteiger partial charge >= 0.3 is 0 Å². The highest BCUT2D eigenvalue weighted by molar-refractivity contribution is 5.52. The third-order valence-electron chi connectivity index (χ3n) is 5.52. The molecule has 0 N–H and O–H groups in total. The molecule has 26 heavy (non-hydrogen) atoms. The van der Waals surface area contributed by atoms with E-state index in [1.807, 2.05) is 0 Å². The molecule has 0 saturated heterocycles. The van der Waals surface area contributed by atoms with E-state index < -0.39 is 0 Å². The van der Waals surface area contributed by atoms with E-state index in [1.54, 1.807) is 0 Å². The number of unbranched alkanes of at least 4 members (excludes halogenated alkanes) is 12. The Kier molecular flexibility index (Phi) is 14.4. The lowest BCUT2D eigenvalue weighted by Gasteiger charge is -2.26. The van der Waals surface area contributed by atoms with Gasteiger partial charge in [-0.15, -0.1) is 0 Å². The van der Waals surface area contributed by atoms with Gasteiger partial charge in [-0.25, -0.2) is 0 Å². The third kappa shape index (κ3) is 10.9. The van der Waals surface area contributed by atoms with Gasteiger partial charge in [0.25, 0.3) is 0 Å². The Balaban J connectivity index is 2.32. The van der Waals surface area contributed by atoms with Crippen LogP contribution in [0.4, 0.5) is 5.69 Å². The summed E-state index contributed by atoms with van der Waals surface area (Å²) in [5, 5.41) is 0. The summed E-state index contributed by atoms with van der Waals surface area (Å²) < 4.78 is 0. The Labute approximate surface area is 164 Å². The van der Waals surface area contributed by atoms with Crippen molar-refractivity contribution in [3.8, 4) is 0 Å². The molecule has 1 nitrogen and oxygen atoms in total. The Morgan fingerprint density at radius 2 is 1.00 bits per heavy atom. The Hall–Kier alpha value is -0.980. The van der Waals surface area contributed by atoms with Gasteiger partial charge in [-0.1, -0.05) is 109 Å². The van der Waals surface area contributed by atoms with Gasteiger partial charge in [0, 0.05) is 18.8 Å². The first kappa shape index (κ1) is 23.1. The average Bonchev–Trinajstić information content (AvgIpc) is 2.65. The van der Waals surface area contributed by atoms with Gasteiger partial charge in [0.05, 0.1) is 0 Å². The van der Waals surface area contributed by atoms with Crippen molar-refractivity contribution in [3.63, 3.8) is 0 Å². The summed E-state index contributed by atoms with van der Waals surface area (Å²) in [5.41, 5.74) is 2.89. The number of nitrogens with zero attached hydrogens (tertiary/aromatic N) is 1. The summed E-state index contributed by atoms with van der Waals surface area (Å²) in [6.45, 7) is 9.31. The van der Waals surface area contributed by atoms with Crippen LogP contribution in [-0.4, -0.2) is 13.1 Å². The van der Waals surface area contributed by atoms with E-state index in [-0.39, 0.29) is 0 Å². The SMILES string of the molecule is CCCCCCCCCN(CCCCCCCCC)c1ccccc1C. The van der Waals surface area contributed by atoms with Gasteiger partial charge in [0.1, 0.15) is 0 Å². The van der Waals surface area contributed by atoms with Crippen LogP contribution in [0.1, 0.15) is 109 Å². The lowest BCUT2D eigenvalue weighted by molar-refractivity contribution is 0.563. The van der Waals surface area contributed by atoms with Crippen LogP contribution >= 0.6 is 0 Å². The summed E-state index contributed by atoms with van der Waals surface area (Å²) in [6.07, 6.45) is 19.5. The van der Waals surface area contributed by atoms with E-state index in [4.69, 9.17) is 0 Å². The molecule has 150 valence electrons. The smallest absolute Gasteiger partial charge is 0.0395 e. The van der Waals surface area contributed by atoms with Crippen molar-refractivity contribution in [1.82, 2.24) is 0 Å². The van der Waals surface area contributed by atoms with Crippen molar-refractivity contribution in [2.24, 2.45) is 0 Å². The van der Waals surface area contributed by atoms with Crippen LogP contribution in [0.25, 0.3) is 0 Å². The molecule has 0 aliphatic rings. The fourth-order valence-electron chi connectivity index (χ4n) is 3.79. The number of rotatable bonds is 17. The van der Waals surface area contributed by atoms with Crippen molar-refractivity contribution in [2.75, 3.05) is 18.0 Å². The van der Waals surface area contributed by atoms with Crippen LogP contribution in [0.15, 0.2) is 24.3 Å². The second kappa shape index (κ2) is 16.2. The van der Waals surface area contributed by atoms with E-state index >= 15 is 0 Å². The van der Waals surface area contributed by atoms with Crippen molar-refractivity contribution in [1.29, 1.82) is 0 Å². The van der Waals surface area contributed by atoms with Crippen molar-refractivity contribution in [2.45, 2.75) is 111 Å². The van der Waals surface area contributed by atoms with Gasteiger partial charge in [-0.2, -0.15) is 0 Å². The summed E-state index contributed by atoms with van der Waals surface area (Å²) in [6, 6.07) is 8.94. The number of aryl methyl sites for hydroxylation is 1. The molecule has 1 heteroatoms. The summed E-state index contributed by atoms with van der Waals surface area (Å²) in [4.78, 5) is 2.66. The molecule has 0 aliphatic heterocycles.